The summed E-state index contributed by atoms with van der Waals surface area (Å²) in [6.07, 6.45) is 9.37. The lowest BCUT2D eigenvalue weighted by Gasteiger charge is -2.57. The number of carboxylic acid groups (broad SMARTS) is 1. The minimum Gasteiger partial charge on any atom is -0.508 e. The van der Waals surface area contributed by atoms with E-state index in [2.05, 4.69) is 42.2 Å². The number of amides is 7. The molecular formula is C52H72N8O11S. The third-order valence-electron chi connectivity index (χ3n) is 13.7. The molecule has 0 spiro atoms. The van der Waals surface area contributed by atoms with E-state index in [4.69, 9.17) is 4.74 Å². The molecule has 0 radical (unpaired) electrons. The second-order valence-electron chi connectivity index (χ2n) is 20.9. The second-order valence-corrected chi connectivity index (χ2v) is 21.8. The standard InChI is InChI=1S/C52H72N8O11S/c1-6-7-11-38(56-47(67)40(59-50(70)71-51(2,3)4)22-30-13-15-35(61)16-14-30)45(65)54-29-43(62)55-41(23-34-28-53-37-12-9-8-10-36(34)37)48(68)57-39(17-18-72-5)46(66)58-42(24-44(63)64)49(69)60-52-25-31-19-32(26-52)21-33(20-31)27-52/h8-10,12-16,28,31-33,38-42,53,61H,6-7,11,17-27,29H2,1-5H3,(H,54,65)(H,55,62)(H,56,67)(H,57,68)(H,58,66)(H,59,70)(H,60,69)(H,63,64)/t31?,32?,33?,38-,39-,40-,41-,42-,52?/m0/s1. The zero-order valence-corrected chi connectivity index (χ0v) is 42.7. The molecule has 2 aromatic carbocycles. The molecular weight excluding hydrogens is 945 g/mol. The van der Waals surface area contributed by atoms with Crippen molar-refractivity contribution in [3.05, 3.63) is 65.9 Å². The minimum atomic E-state index is -1.40. The quantitative estimate of drug-likeness (QED) is 0.0574. The van der Waals surface area contributed by atoms with Gasteiger partial charge in [0, 0.05) is 35.5 Å². The fourth-order valence-corrected chi connectivity index (χ4v) is 11.3. The number of carbonyl (C=O) groups is 8. The summed E-state index contributed by atoms with van der Waals surface area (Å²) in [5.41, 5.74) is 0.761. The van der Waals surface area contributed by atoms with Gasteiger partial charge < -0.3 is 57.2 Å². The summed E-state index contributed by atoms with van der Waals surface area (Å²) >= 11 is 1.42. The number of carboxylic acids is 1. The van der Waals surface area contributed by atoms with Crippen LogP contribution in [0.4, 0.5) is 4.79 Å². The number of benzene rings is 2. The molecule has 0 unspecified atom stereocenters. The highest BCUT2D eigenvalue weighted by molar-refractivity contribution is 7.98. The molecule has 4 bridgehead atoms. The molecule has 392 valence electrons. The summed E-state index contributed by atoms with van der Waals surface area (Å²) in [7, 11) is 0. The maximum atomic E-state index is 14.4. The van der Waals surface area contributed by atoms with E-state index >= 15 is 0 Å². The van der Waals surface area contributed by atoms with Gasteiger partial charge in [-0.15, -0.1) is 0 Å². The van der Waals surface area contributed by atoms with Crippen LogP contribution < -0.4 is 37.2 Å². The number of carbonyl (C=O) groups excluding carboxylic acids is 7. The number of nitrogens with one attached hydrogen (secondary N) is 8. The van der Waals surface area contributed by atoms with E-state index in [1.54, 1.807) is 39.1 Å². The van der Waals surface area contributed by atoms with E-state index in [1.165, 1.54) is 23.9 Å². The van der Waals surface area contributed by atoms with Crippen LogP contribution >= 0.6 is 11.8 Å². The molecule has 4 aliphatic carbocycles. The third-order valence-corrected chi connectivity index (χ3v) is 14.4. The van der Waals surface area contributed by atoms with Gasteiger partial charge in [0.1, 0.15) is 41.6 Å². The van der Waals surface area contributed by atoms with Gasteiger partial charge in [0.05, 0.1) is 13.0 Å². The summed E-state index contributed by atoms with van der Waals surface area (Å²) in [6.45, 7) is 6.33. The predicted molar refractivity (Wildman–Crippen MR) is 272 cm³/mol. The number of phenolic OH excluding ortho intramolecular Hbond substituents is 1. The summed E-state index contributed by atoms with van der Waals surface area (Å²) in [6, 6.07) is 7.23. The molecule has 10 N–H and O–H groups in total. The maximum absolute atomic E-state index is 14.4. The lowest BCUT2D eigenvalue weighted by atomic mass is 9.53. The van der Waals surface area contributed by atoms with E-state index in [0.29, 0.717) is 47.5 Å². The maximum Gasteiger partial charge on any atom is 0.408 e. The van der Waals surface area contributed by atoms with Gasteiger partial charge in [-0.1, -0.05) is 50.1 Å². The predicted octanol–water partition coefficient (Wildman–Crippen LogP) is 4.11. The molecule has 3 aromatic rings. The van der Waals surface area contributed by atoms with Gasteiger partial charge in [0.2, 0.25) is 35.4 Å². The number of ether oxygens (including phenoxy) is 1. The van der Waals surface area contributed by atoms with Gasteiger partial charge in [-0.05, 0) is 131 Å². The van der Waals surface area contributed by atoms with Crippen LogP contribution in [0.25, 0.3) is 10.9 Å². The number of aromatic amines is 1. The van der Waals surface area contributed by atoms with Gasteiger partial charge >= 0.3 is 12.1 Å². The highest BCUT2D eigenvalue weighted by Crippen LogP contribution is 2.55. The number of para-hydroxylation sites is 1. The van der Waals surface area contributed by atoms with Crippen molar-refractivity contribution in [1.82, 2.24) is 42.2 Å². The third kappa shape index (κ3) is 15.8. The monoisotopic (exact) mass is 1020 g/mol. The van der Waals surface area contributed by atoms with Crippen molar-refractivity contribution in [1.29, 1.82) is 0 Å². The van der Waals surface area contributed by atoms with Crippen LogP contribution in [0.2, 0.25) is 0 Å². The van der Waals surface area contributed by atoms with Crippen molar-refractivity contribution in [2.75, 3.05) is 18.6 Å². The van der Waals surface area contributed by atoms with Crippen LogP contribution in [0, 0.1) is 17.8 Å². The van der Waals surface area contributed by atoms with Gasteiger partial charge in [0.25, 0.3) is 0 Å². The van der Waals surface area contributed by atoms with Crippen LogP contribution in [-0.4, -0.2) is 123 Å². The number of hydrogen-bond donors (Lipinski definition) is 10. The number of phenols is 1. The largest absolute Gasteiger partial charge is 0.508 e. The van der Waals surface area contributed by atoms with E-state index < -0.39 is 102 Å². The van der Waals surface area contributed by atoms with Crippen molar-refractivity contribution in [3.8, 4) is 5.75 Å². The van der Waals surface area contributed by atoms with Crippen molar-refractivity contribution < 1.29 is 53.3 Å². The number of alkyl carbamates (subject to hydrolysis) is 1. The normalized spacial score (nSPS) is 21.0. The lowest BCUT2D eigenvalue weighted by molar-refractivity contribution is -0.142. The molecule has 19 nitrogen and oxygen atoms in total. The highest BCUT2D eigenvalue weighted by atomic mass is 32.2. The number of H-pyrrole nitrogens is 1. The first-order valence-electron chi connectivity index (χ1n) is 25.0. The summed E-state index contributed by atoms with van der Waals surface area (Å²) in [5, 5.41) is 39.7. The number of rotatable bonds is 25. The Bertz CT molecular complexity index is 2390. The topological polar surface area (TPSA) is 286 Å². The molecule has 1 aromatic heterocycles. The summed E-state index contributed by atoms with van der Waals surface area (Å²) in [5.74, 6) is -3.51. The molecule has 0 aliphatic heterocycles. The molecule has 4 aliphatic rings. The SMILES string of the molecule is CCCC[C@H](NC(=O)[C@H](Cc1ccc(O)cc1)NC(=O)OC(C)(C)C)C(=O)NCC(=O)N[C@@H](Cc1c[nH]c2ccccc12)C(=O)N[C@@H](CCSC)C(=O)N[C@@H](CC(=O)O)C(=O)NC12CC3CC(CC(C3)C1)C2. The smallest absolute Gasteiger partial charge is 0.408 e. The summed E-state index contributed by atoms with van der Waals surface area (Å²) < 4.78 is 5.41. The molecule has 0 saturated heterocycles. The van der Waals surface area contributed by atoms with Crippen molar-refractivity contribution in [2.45, 2.75) is 153 Å². The molecule has 1 heterocycles. The Morgan fingerprint density at radius 3 is 1.92 bits per heavy atom. The molecule has 72 heavy (non-hydrogen) atoms. The first kappa shape index (κ1) is 55.0. The first-order valence-corrected chi connectivity index (χ1v) is 26.4. The van der Waals surface area contributed by atoms with Gasteiger partial charge in [-0.3, -0.25) is 33.6 Å². The number of aromatic hydroxyl groups is 1. The van der Waals surface area contributed by atoms with E-state index in [1.807, 2.05) is 37.4 Å². The van der Waals surface area contributed by atoms with E-state index in [9.17, 15) is 48.6 Å². The second kappa shape index (κ2) is 24.9. The van der Waals surface area contributed by atoms with Crippen LogP contribution in [0.15, 0.2) is 54.7 Å². The number of aromatic nitrogens is 1. The number of thioether (sulfide) groups is 1. The number of aliphatic carboxylic acids is 1. The number of fused-ring (bicyclic) bond motifs is 1. The Balaban J connectivity index is 1.14. The van der Waals surface area contributed by atoms with Crippen LogP contribution in [0.3, 0.4) is 0 Å². The zero-order valence-electron chi connectivity index (χ0n) is 41.9. The molecule has 7 amide bonds. The van der Waals surface area contributed by atoms with Gasteiger partial charge in [0.15, 0.2) is 0 Å². The highest BCUT2D eigenvalue weighted by Gasteiger charge is 2.52. The van der Waals surface area contributed by atoms with E-state index in [0.717, 1.165) is 49.4 Å². The van der Waals surface area contributed by atoms with Crippen LogP contribution in [0.5, 0.6) is 5.75 Å². The van der Waals surface area contributed by atoms with Crippen LogP contribution in [0.1, 0.15) is 109 Å². The minimum absolute atomic E-state index is 0.00449. The van der Waals surface area contributed by atoms with Crippen LogP contribution in [-0.2, 0) is 51.1 Å². The Morgan fingerprint density at radius 1 is 0.736 bits per heavy atom. The number of hydrogen-bond acceptors (Lipinski definition) is 11. The average molecular weight is 1020 g/mol. The Labute approximate surface area is 424 Å². The zero-order chi connectivity index (χ0) is 52.2. The molecule has 20 heteroatoms. The fraction of sp³-hybridized carbons (Fsp3) is 0.577. The summed E-state index contributed by atoms with van der Waals surface area (Å²) in [4.78, 5) is 112. The van der Waals surface area contributed by atoms with Gasteiger partial charge in [-0.25, -0.2) is 4.79 Å². The van der Waals surface area contributed by atoms with Crippen molar-refractivity contribution >= 4 is 70.2 Å². The molecule has 4 fully saturated rings. The van der Waals surface area contributed by atoms with E-state index in [-0.39, 0.29) is 31.4 Å². The van der Waals surface area contributed by atoms with Crippen molar-refractivity contribution in [3.63, 3.8) is 0 Å². The Hall–Kier alpha value is -6.31. The fourth-order valence-electron chi connectivity index (χ4n) is 10.8. The molecule has 7 rings (SSSR count). The lowest BCUT2D eigenvalue weighted by Crippen LogP contribution is -2.63. The number of unbranched alkanes of at least 4 members (excludes halogenated alkanes) is 1. The molecule has 4 saturated carbocycles. The average Bonchev–Trinajstić information content (AvgIpc) is 3.71. The van der Waals surface area contributed by atoms with Crippen molar-refractivity contribution in [2.24, 2.45) is 17.8 Å². The first-order chi connectivity index (χ1) is 34.2. The van der Waals surface area contributed by atoms with Gasteiger partial charge in [-0.2, -0.15) is 11.8 Å². The Kier molecular flexibility index (Phi) is 19.0. The Morgan fingerprint density at radius 2 is 1.32 bits per heavy atom. The molecule has 5 atom stereocenters.